The minimum absolute atomic E-state index is 0.0949. The number of hydrogen-bond donors (Lipinski definition) is 0. The first kappa shape index (κ1) is 7.70. The molecule has 0 aromatic carbocycles. The summed E-state index contributed by atoms with van der Waals surface area (Å²) in [6.07, 6.45) is -0.465. The molecule has 0 spiro atoms. The molecule has 0 aromatic rings. The van der Waals surface area contributed by atoms with Crippen LogP contribution in [0, 0.1) is 17.3 Å². The molecule has 0 aliphatic heterocycles. The van der Waals surface area contributed by atoms with Gasteiger partial charge in [-0.05, 0) is 23.3 Å². The average molecular weight is 146 g/mol. The van der Waals surface area contributed by atoms with Crippen LogP contribution in [-0.2, 0) is 0 Å². The second-order valence-electron chi connectivity index (χ2n) is 3.59. The molecule has 0 saturated heterocycles. The van der Waals surface area contributed by atoms with E-state index in [1.54, 1.807) is 0 Å². The van der Waals surface area contributed by atoms with Crippen LogP contribution in [0.25, 0.3) is 0 Å². The van der Waals surface area contributed by atoms with Crippen molar-refractivity contribution in [1.29, 1.82) is 0 Å². The summed E-state index contributed by atoms with van der Waals surface area (Å²) in [6, 6.07) is 0. The highest BCUT2D eigenvalue weighted by atomic mass is 19.3. The fraction of sp³-hybridized carbons (Fsp3) is 0.750. The van der Waals surface area contributed by atoms with Gasteiger partial charge < -0.3 is 0 Å². The monoisotopic (exact) mass is 146 g/mol. The predicted molar refractivity (Wildman–Crippen MR) is 36.7 cm³/mol. The van der Waals surface area contributed by atoms with E-state index < -0.39 is 6.08 Å². The smallest absolute Gasteiger partial charge is 0.174 e. The van der Waals surface area contributed by atoms with Crippen molar-refractivity contribution >= 4 is 0 Å². The van der Waals surface area contributed by atoms with Crippen LogP contribution in [-0.4, -0.2) is 0 Å². The Morgan fingerprint density at radius 3 is 1.90 bits per heavy atom. The van der Waals surface area contributed by atoms with Crippen molar-refractivity contribution in [2.45, 2.75) is 20.8 Å². The van der Waals surface area contributed by atoms with Gasteiger partial charge in [-0.3, -0.25) is 0 Å². The zero-order chi connectivity index (χ0) is 7.94. The van der Waals surface area contributed by atoms with E-state index in [4.69, 9.17) is 0 Å². The summed E-state index contributed by atoms with van der Waals surface area (Å²) in [5.41, 5.74) is 0.101. The molecule has 10 heavy (non-hydrogen) atoms. The van der Waals surface area contributed by atoms with Crippen LogP contribution in [0.4, 0.5) is 8.78 Å². The third-order valence-electron chi connectivity index (χ3n) is 2.77. The Bertz CT molecular complexity index is 166. The minimum Gasteiger partial charge on any atom is -0.174 e. The molecule has 1 rings (SSSR count). The molecule has 1 saturated carbocycles. The highest BCUT2D eigenvalue weighted by Crippen LogP contribution is 2.58. The molecular weight excluding hydrogens is 134 g/mol. The van der Waals surface area contributed by atoms with Crippen LogP contribution in [0.3, 0.4) is 0 Å². The zero-order valence-corrected chi connectivity index (χ0v) is 6.49. The summed E-state index contributed by atoms with van der Waals surface area (Å²) in [7, 11) is 0. The summed E-state index contributed by atoms with van der Waals surface area (Å²) < 4.78 is 23.4. The first-order valence-corrected chi connectivity index (χ1v) is 3.49. The van der Waals surface area contributed by atoms with Gasteiger partial charge in [0.15, 0.2) is 0 Å². The molecule has 0 N–H and O–H groups in total. The standard InChI is InChI=1S/C8H12F2/c1-5-6(4-7(9)10)8(5,2)3/h4-6H,1-3H3/t5-,6-/m1/s1. The van der Waals surface area contributed by atoms with Crippen LogP contribution in [0.2, 0.25) is 0 Å². The van der Waals surface area contributed by atoms with E-state index in [9.17, 15) is 8.78 Å². The van der Waals surface area contributed by atoms with Crippen LogP contribution >= 0.6 is 0 Å². The zero-order valence-electron chi connectivity index (χ0n) is 6.49. The molecule has 58 valence electrons. The molecule has 0 nitrogen and oxygen atoms in total. The SMILES string of the molecule is C[C@@H]1[C@@H](C=C(F)F)C1(C)C. The quantitative estimate of drug-likeness (QED) is 0.533. The van der Waals surface area contributed by atoms with Crippen molar-refractivity contribution in [2.24, 2.45) is 17.3 Å². The summed E-state index contributed by atoms with van der Waals surface area (Å²) in [6.45, 7) is 6.04. The van der Waals surface area contributed by atoms with Gasteiger partial charge in [0.2, 0.25) is 0 Å². The second kappa shape index (κ2) is 2.04. The predicted octanol–water partition coefficient (Wildman–Crippen LogP) is 3.06. The van der Waals surface area contributed by atoms with Crippen molar-refractivity contribution in [3.63, 3.8) is 0 Å². The highest BCUT2D eigenvalue weighted by molar-refractivity contribution is 5.12. The number of rotatable bonds is 1. The van der Waals surface area contributed by atoms with Crippen LogP contribution in [0.1, 0.15) is 20.8 Å². The van der Waals surface area contributed by atoms with E-state index in [0.29, 0.717) is 5.92 Å². The van der Waals surface area contributed by atoms with Gasteiger partial charge in [0, 0.05) is 0 Å². The lowest BCUT2D eigenvalue weighted by molar-refractivity contribution is 0.412. The van der Waals surface area contributed by atoms with Crippen LogP contribution in [0.5, 0.6) is 0 Å². The minimum atomic E-state index is -1.54. The Kier molecular flexibility index (Phi) is 1.57. The lowest BCUT2D eigenvalue weighted by Gasteiger charge is -1.95. The molecule has 0 radical (unpaired) electrons. The average Bonchev–Trinajstić information content (AvgIpc) is 2.17. The maximum Gasteiger partial charge on any atom is 0.266 e. The van der Waals surface area contributed by atoms with Crippen molar-refractivity contribution in [3.05, 3.63) is 12.2 Å². The van der Waals surface area contributed by atoms with Crippen molar-refractivity contribution in [1.82, 2.24) is 0 Å². The van der Waals surface area contributed by atoms with E-state index >= 15 is 0 Å². The molecule has 0 unspecified atom stereocenters. The van der Waals surface area contributed by atoms with Crippen LogP contribution < -0.4 is 0 Å². The lowest BCUT2D eigenvalue weighted by atomic mass is 10.1. The summed E-state index contributed by atoms with van der Waals surface area (Å²) >= 11 is 0. The Morgan fingerprint density at radius 1 is 1.40 bits per heavy atom. The van der Waals surface area contributed by atoms with Gasteiger partial charge in [-0.1, -0.05) is 20.8 Å². The van der Waals surface area contributed by atoms with E-state index in [0.717, 1.165) is 6.08 Å². The van der Waals surface area contributed by atoms with E-state index in [-0.39, 0.29) is 11.3 Å². The fourth-order valence-electron chi connectivity index (χ4n) is 1.44. The van der Waals surface area contributed by atoms with Gasteiger partial charge >= 0.3 is 0 Å². The largest absolute Gasteiger partial charge is 0.266 e. The van der Waals surface area contributed by atoms with E-state index in [1.165, 1.54) is 0 Å². The van der Waals surface area contributed by atoms with Gasteiger partial charge in [0.25, 0.3) is 6.08 Å². The normalized spacial score (nSPS) is 35.3. The lowest BCUT2D eigenvalue weighted by Crippen LogP contribution is -1.87. The molecule has 0 amide bonds. The number of halogens is 2. The van der Waals surface area contributed by atoms with E-state index in [1.807, 2.05) is 20.8 Å². The van der Waals surface area contributed by atoms with Gasteiger partial charge in [-0.25, -0.2) is 0 Å². The summed E-state index contributed by atoms with van der Waals surface area (Å²) in [5.74, 6) is 0.506. The molecule has 2 atom stereocenters. The number of allylic oxidation sites excluding steroid dienone is 1. The maximum absolute atomic E-state index is 11.7. The van der Waals surface area contributed by atoms with Crippen molar-refractivity contribution in [3.8, 4) is 0 Å². The Morgan fingerprint density at radius 2 is 1.80 bits per heavy atom. The van der Waals surface area contributed by atoms with Gasteiger partial charge in [0.05, 0.1) is 0 Å². The first-order chi connectivity index (χ1) is 4.46. The third kappa shape index (κ3) is 1.07. The summed E-state index contributed by atoms with van der Waals surface area (Å²) in [4.78, 5) is 0. The second-order valence-corrected chi connectivity index (χ2v) is 3.59. The molecule has 0 bridgehead atoms. The molecule has 0 heterocycles. The Balaban J connectivity index is 2.58. The first-order valence-electron chi connectivity index (χ1n) is 3.49. The highest BCUT2D eigenvalue weighted by Gasteiger charge is 2.53. The Hall–Kier alpha value is -0.400. The fourth-order valence-corrected chi connectivity index (χ4v) is 1.44. The summed E-state index contributed by atoms with van der Waals surface area (Å²) in [5, 5.41) is 0. The van der Waals surface area contributed by atoms with Gasteiger partial charge in [-0.2, -0.15) is 8.78 Å². The third-order valence-corrected chi connectivity index (χ3v) is 2.77. The topological polar surface area (TPSA) is 0 Å². The van der Waals surface area contributed by atoms with Crippen molar-refractivity contribution in [2.75, 3.05) is 0 Å². The van der Waals surface area contributed by atoms with Crippen LogP contribution in [0.15, 0.2) is 12.2 Å². The molecule has 1 fully saturated rings. The van der Waals surface area contributed by atoms with Gasteiger partial charge in [0.1, 0.15) is 0 Å². The van der Waals surface area contributed by atoms with E-state index in [2.05, 4.69) is 0 Å². The molecular formula is C8H12F2. The molecule has 1 aliphatic rings. The molecule has 0 aromatic heterocycles. The Labute approximate surface area is 59.9 Å². The molecule has 1 aliphatic carbocycles. The molecule has 2 heteroatoms. The van der Waals surface area contributed by atoms with Crippen molar-refractivity contribution < 1.29 is 8.78 Å². The number of hydrogen-bond acceptors (Lipinski definition) is 0. The van der Waals surface area contributed by atoms with Gasteiger partial charge in [-0.15, -0.1) is 0 Å². The maximum atomic E-state index is 11.7.